The maximum absolute atomic E-state index is 10.3. The first-order chi connectivity index (χ1) is 6.24. The Bertz CT molecular complexity index is 292. The highest BCUT2D eigenvalue weighted by atomic mass is 35.5. The smallest absolute Gasteiger partial charge is 0.269 e. The summed E-state index contributed by atoms with van der Waals surface area (Å²) >= 11 is 0. The van der Waals surface area contributed by atoms with Gasteiger partial charge in [-0.15, -0.1) is 24.8 Å². The van der Waals surface area contributed by atoms with Crippen molar-refractivity contribution in [2.75, 3.05) is 6.54 Å². The number of hydrazine groups is 1. The van der Waals surface area contributed by atoms with E-state index in [1.54, 1.807) is 12.1 Å². The third-order valence-corrected chi connectivity index (χ3v) is 1.71. The van der Waals surface area contributed by atoms with Crippen molar-refractivity contribution in [1.29, 1.82) is 0 Å². The summed E-state index contributed by atoms with van der Waals surface area (Å²) in [6.07, 6.45) is 0.772. The van der Waals surface area contributed by atoms with Gasteiger partial charge in [-0.25, -0.2) is 0 Å². The van der Waals surface area contributed by atoms with Gasteiger partial charge in [0.25, 0.3) is 5.69 Å². The van der Waals surface area contributed by atoms with Gasteiger partial charge in [0, 0.05) is 18.7 Å². The molecule has 0 aliphatic rings. The molecule has 3 N–H and O–H groups in total. The standard InChI is InChI=1S/C8H11N3O2.2ClH/c9-10-6-5-7-1-3-8(4-2-7)11(12)13;;/h1-4,10H,5-6,9H2;2*1H. The van der Waals surface area contributed by atoms with Crippen LogP contribution in [-0.4, -0.2) is 11.5 Å². The van der Waals surface area contributed by atoms with Crippen molar-refractivity contribution >= 4 is 30.5 Å². The summed E-state index contributed by atoms with van der Waals surface area (Å²) in [4.78, 5) is 9.89. The minimum absolute atomic E-state index is 0. The molecule has 15 heavy (non-hydrogen) atoms. The Hall–Kier alpha value is -0.880. The van der Waals surface area contributed by atoms with E-state index in [9.17, 15) is 10.1 Å². The van der Waals surface area contributed by atoms with Crippen LogP contribution in [0.25, 0.3) is 0 Å². The zero-order chi connectivity index (χ0) is 9.68. The molecular formula is C8H13Cl2N3O2. The van der Waals surface area contributed by atoms with Crippen LogP contribution in [0.5, 0.6) is 0 Å². The molecule has 5 nitrogen and oxygen atoms in total. The maximum Gasteiger partial charge on any atom is 0.269 e. The second-order valence-electron chi connectivity index (χ2n) is 2.63. The molecule has 7 heteroatoms. The first-order valence-corrected chi connectivity index (χ1v) is 3.91. The summed E-state index contributed by atoms with van der Waals surface area (Å²) in [5.41, 5.74) is 3.67. The van der Waals surface area contributed by atoms with Crippen LogP contribution in [0.4, 0.5) is 5.69 Å². The summed E-state index contributed by atoms with van der Waals surface area (Å²) in [5.74, 6) is 5.10. The summed E-state index contributed by atoms with van der Waals surface area (Å²) in [6.45, 7) is 0.664. The maximum atomic E-state index is 10.3. The number of nitro groups is 1. The Kier molecular flexibility index (Phi) is 9.30. The predicted octanol–water partition coefficient (Wildman–Crippen LogP) is 1.44. The normalized spacial score (nSPS) is 8.60. The van der Waals surface area contributed by atoms with E-state index in [1.807, 2.05) is 0 Å². The Morgan fingerprint density at radius 1 is 1.27 bits per heavy atom. The third-order valence-electron chi connectivity index (χ3n) is 1.71. The van der Waals surface area contributed by atoms with Crippen molar-refractivity contribution in [3.8, 4) is 0 Å². The highest BCUT2D eigenvalue weighted by Crippen LogP contribution is 2.11. The zero-order valence-corrected chi connectivity index (χ0v) is 9.51. The van der Waals surface area contributed by atoms with Crippen LogP contribution in [0.1, 0.15) is 5.56 Å². The van der Waals surface area contributed by atoms with Gasteiger partial charge in [0.2, 0.25) is 0 Å². The molecule has 0 spiro atoms. The average Bonchev–Trinajstić information content (AvgIpc) is 2.15. The van der Waals surface area contributed by atoms with Gasteiger partial charge in [0.1, 0.15) is 0 Å². The van der Waals surface area contributed by atoms with Crippen LogP contribution in [0.3, 0.4) is 0 Å². The number of rotatable bonds is 4. The molecule has 0 saturated carbocycles. The number of benzene rings is 1. The van der Waals surface area contributed by atoms with Crippen LogP contribution < -0.4 is 11.3 Å². The molecular weight excluding hydrogens is 241 g/mol. The predicted molar refractivity (Wildman–Crippen MR) is 63.5 cm³/mol. The highest BCUT2D eigenvalue weighted by molar-refractivity contribution is 5.85. The van der Waals surface area contributed by atoms with Crippen molar-refractivity contribution in [1.82, 2.24) is 5.43 Å². The van der Waals surface area contributed by atoms with Gasteiger partial charge in [-0.2, -0.15) is 0 Å². The van der Waals surface area contributed by atoms with E-state index < -0.39 is 4.92 Å². The van der Waals surface area contributed by atoms with Crippen molar-refractivity contribution in [2.45, 2.75) is 6.42 Å². The molecule has 1 rings (SSSR count). The average molecular weight is 254 g/mol. The van der Waals surface area contributed by atoms with E-state index in [0.29, 0.717) is 6.54 Å². The molecule has 0 atom stereocenters. The molecule has 0 aromatic heterocycles. The molecule has 0 radical (unpaired) electrons. The van der Waals surface area contributed by atoms with Crippen molar-refractivity contribution in [3.63, 3.8) is 0 Å². The van der Waals surface area contributed by atoms with Gasteiger partial charge in [-0.3, -0.25) is 21.4 Å². The number of nitrogens with zero attached hydrogens (tertiary/aromatic N) is 1. The molecule has 0 aliphatic heterocycles. The fourth-order valence-electron chi connectivity index (χ4n) is 1.00. The van der Waals surface area contributed by atoms with Gasteiger partial charge in [-0.05, 0) is 12.0 Å². The summed E-state index contributed by atoms with van der Waals surface area (Å²) in [6, 6.07) is 6.45. The van der Waals surface area contributed by atoms with E-state index in [0.717, 1.165) is 12.0 Å². The number of nitro benzene ring substituents is 1. The molecule has 0 saturated heterocycles. The SMILES string of the molecule is Cl.Cl.NNCCc1ccc([N+](=O)[O-])cc1. The van der Waals surface area contributed by atoms with E-state index in [-0.39, 0.29) is 30.5 Å². The van der Waals surface area contributed by atoms with Crippen molar-refractivity contribution in [2.24, 2.45) is 5.84 Å². The molecule has 0 bridgehead atoms. The lowest BCUT2D eigenvalue weighted by Crippen LogP contribution is -2.24. The highest BCUT2D eigenvalue weighted by Gasteiger charge is 2.02. The fraction of sp³-hybridized carbons (Fsp3) is 0.250. The van der Waals surface area contributed by atoms with Gasteiger partial charge in [0.05, 0.1) is 4.92 Å². The molecule has 1 aromatic carbocycles. The number of hydrogen-bond acceptors (Lipinski definition) is 4. The Morgan fingerprint density at radius 2 is 1.80 bits per heavy atom. The number of nitrogens with two attached hydrogens (primary N) is 1. The van der Waals surface area contributed by atoms with E-state index in [1.165, 1.54) is 12.1 Å². The van der Waals surface area contributed by atoms with Gasteiger partial charge < -0.3 is 0 Å². The van der Waals surface area contributed by atoms with Crippen molar-refractivity contribution < 1.29 is 4.92 Å². The first-order valence-electron chi connectivity index (χ1n) is 3.91. The number of halogens is 2. The molecule has 0 fully saturated rings. The monoisotopic (exact) mass is 253 g/mol. The van der Waals surface area contributed by atoms with Gasteiger partial charge in [-0.1, -0.05) is 12.1 Å². The van der Waals surface area contributed by atoms with E-state index in [2.05, 4.69) is 5.43 Å². The quantitative estimate of drug-likeness (QED) is 0.484. The lowest BCUT2D eigenvalue weighted by atomic mass is 10.1. The van der Waals surface area contributed by atoms with Crippen LogP contribution in [-0.2, 0) is 6.42 Å². The second-order valence-corrected chi connectivity index (χ2v) is 2.63. The lowest BCUT2D eigenvalue weighted by Gasteiger charge is -1.99. The molecule has 1 aromatic rings. The summed E-state index contributed by atoms with van der Waals surface area (Å²) < 4.78 is 0. The summed E-state index contributed by atoms with van der Waals surface area (Å²) in [5, 5.41) is 10.3. The molecule has 0 amide bonds. The number of nitrogens with one attached hydrogen (secondary N) is 1. The summed E-state index contributed by atoms with van der Waals surface area (Å²) in [7, 11) is 0. The first kappa shape index (κ1) is 16.5. The Morgan fingerprint density at radius 3 is 2.20 bits per heavy atom. The minimum Gasteiger partial charge on any atom is -0.271 e. The van der Waals surface area contributed by atoms with Crippen LogP contribution in [0.15, 0.2) is 24.3 Å². The minimum atomic E-state index is -0.412. The van der Waals surface area contributed by atoms with E-state index in [4.69, 9.17) is 5.84 Å². The Balaban J connectivity index is 0. The van der Waals surface area contributed by atoms with Crippen LogP contribution in [0.2, 0.25) is 0 Å². The zero-order valence-electron chi connectivity index (χ0n) is 7.88. The van der Waals surface area contributed by atoms with E-state index >= 15 is 0 Å². The largest absolute Gasteiger partial charge is 0.271 e. The van der Waals surface area contributed by atoms with Crippen LogP contribution >= 0.6 is 24.8 Å². The topological polar surface area (TPSA) is 81.2 Å². The molecule has 0 aliphatic carbocycles. The Labute approximate surface area is 100.0 Å². The fourth-order valence-corrected chi connectivity index (χ4v) is 1.00. The number of hydrogen-bond donors (Lipinski definition) is 2. The molecule has 0 unspecified atom stereocenters. The van der Waals surface area contributed by atoms with Gasteiger partial charge >= 0.3 is 0 Å². The van der Waals surface area contributed by atoms with Gasteiger partial charge in [0.15, 0.2) is 0 Å². The third kappa shape index (κ3) is 5.54. The van der Waals surface area contributed by atoms with Crippen molar-refractivity contribution in [3.05, 3.63) is 39.9 Å². The second kappa shape index (κ2) is 8.43. The number of non-ortho nitro benzene ring substituents is 1. The molecule has 86 valence electrons. The lowest BCUT2D eigenvalue weighted by molar-refractivity contribution is -0.384. The molecule has 0 heterocycles. The van der Waals surface area contributed by atoms with Crippen LogP contribution in [0, 0.1) is 10.1 Å².